The Hall–Kier alpha value is -0.340. The summed E-state index contributed by atoms with van der Waals surface area (Å²) >= 11 is 3.52. The van der Waals surface area contributed by atoms with Crippen LogP contribution in [0.15, 0.2) is 28.7 Å². The molecule has 16 heavy (non-hydrogen) atoms. The molecule has 1 fully saturated rings. The summed E-state index contributed by atoms with van der Waals surface area (Å²) in [5.41, 5.74) is 1.41. The average molecular weight is 282 g/mol. The van der Waals surface area contributed by atoms with Crippen molar-refractivity contribution < 1.29 is 0 Å². The standard InChI is InChI=1S/C14H20BrN/c1-10(9-16-11(2)12-6-7-12)13-4-3-5-14(15)8-13/h3-5,8,10-12,16H,6-7,9H2,1-2H3. The third-order valence-corrected chi connectivity index (χ3v) is 3.99. The smallest absolute Gasteiger partial charge is 0.0178 e. The van der Waals surface area contributed by atoms with E-state index in [0.717, 1.165) is 12.5 Å². The number of hydrogen-bond donors (Lipinski definition) is 1. The monoisotopic (exact) mass is 281 g/mol. The van der Waals surface area contributed by atoms with E-state index >= 15 is 0 Å². The maximum Gasteiger partial charge on any atom is 0.0178 e. The van der Waals surface area contributed by atoms with Crippen molar-refractivity contribution in [3.8, 4) is 0 Å². The van der Waals surface area contributed by atoms with Crippen molar-refractivity contribution in [2.75, 3.05) is 6.54 Å². The lowest BCUT2D eigenvalue weighted by molar-refractivity contribution is 0.477. The second-order valence-corrected chi connectivity index (χ2v) is 5.91. The van der Waals surface area contributed by atoms with Gasteiger partial charge in [-0.1, -0.05) is 35.0 Å². The summed E-state index contributed by atoms with van der Waals surface area (Å²) < 4.78 is 1.17. The summed E-state index contributed by atoms with van der Waals surface area (Å²) in [4.78, 5) is 0. The Labute approximate surface area is 107 Å². The van der Waals surface area contributed by atoms with Gasteiger partial charge in [0.2, 0.25) is 0 Å². The van der Waals surface area contributed by atoms with E-state index in [1.807, 2.05) is 0 Å². The third kappa shape index (κ3) is 3.33. The Balaban J connectivity index is 1.84. The van der Waals surface area contributed by atoms with Gasteiger partial charge in [-0.25, -0.2) is 0 Å². The van der Waals surface area contributed by atoms with Gasteiger partial charge in [0.1, 0.15) is 0 Å². The molecule has 0 spiro atoms. The van der Waals surface area contributed by atoms with Crippen LogP contribution in [0.5, 0.6) is 0 Å². The second-order valence-electron chi connectivity index (χ2n) is 4.99. The first-order valence-corrected chi connectivity index (χ1v) is 6.95. The van der Waals surface area contributed by atoms with Gasteiger partial charge in [-0.3, -0.25) is 0 Å². The molecule has 1 aromatic rings. The summed E-state index contributed by atoms with van der Waals surface area (Å²) in [5.74, 6) is 1.52. The van der Waals surface area contributed by atoms with Gasteiger partial charge in [0, 0.05) is 17.1 Å². The lowest BCUT2D eigenvalue weighted by Crippen LogP contribution is -2.31. The van der Waals surface area contributed by atoms with Crippen LogP contribution in [-0.4, -0.2) is 12.6 Å². The van der Waals surface area contributed by atoms with E-state index in [-0.39, 0.29) is 0 Å². The molecular weight excluding hydrogens is 262 g/mol. The van der Waals surface area contributed by atoms with Crippen molar-refractivity contribution >= 4 is 15.9 Å². The molecular formula is C14H20BrN. The first-order chi connectivity index (χ1) is 7.66. The minimum absolute atomic E-state index is 0.582. The zero-order chi connectivity index (χ0) is 11.5. The molecule has 0 radical (unpaired) electrons. The fourth-order valence-electron chi connectivity index (χ4n) is 2.06. The van der Waals surface area contributed by atoms with Crippen molar-refractivity contribution in [2.45, 2.75) is 38.6 Å². The van der Waals surface area contributed by atoms with Crippen molar-refractivity contribution in [3.63, 3.8) is 0 Å². The van der Waals surface area contributed by atoms with Crippen LogP contribution in [0.1, 0.15) is 38.2 Å². The Morgan fingerprint density at radius 3 is 2.75 bits per heavy atom. The van der Waals surface area contributed by atoms with Crippen LogP contribution in [0.25, 0.3) is 0 Å². The first-order valence-electron chi connectivity index (χ1n) is 6.15. The quantitative estimate of drug-likeness (QED) is 0.862. The highest BCUT2D eigenvalue weighted by Gasteiger charge is 2.27. The SMILES string of the molecule is CC(CNC(C)C1CC1)c1cccc(Br)c1. The number of rotatable bonds is 5. The highest BCUT2D eigenvalue weighted by atomic mass is 79.9. The van der Waals surface area contributed by atoms with E-state index in [2.05, 4.69) is 59.4 Å². The molecule has 0 bridgehead atoms. The van der Waals surface area contributed by atoms with E-state index in [4.69, 9.17) is 0 Å². The molecule has 2 heteroatoms. The molecule has 1 aliphatic rings. The molecule has 0 amide bonds. The zero-order valence-electron chi connectivity index (χ0n) is 10.0. The highest BCUT2D eigenvalue weighted by Crippen LogP contribution is 2.32. The van der Waals surface area contributed by atoms with E-state index in [1.165, 1.54) is 22.9 Å². The summed E-state index contributed by atoms with van der Waals surface area (Å²) in [7, 11) is 0. The van der Waals surface area contributed by atoms with Crippen LogP contribution < -0.4 is 5.32 Å². The molecule has 1 N–H and O–H groups in total. The van der Waals surface area contributed by atoms with Crippen LogP contribution in [0, 0.1) is 5.92 Å². The molecule has 0 heterocycles. The highest BCUT2D eigenvalue weighted by molar-refractivity contribution is 9.10. The maximum absolute atomic E-state index is 3.65. The second kappa shape index (κ2) is 5.33. The lowest BCUT2D eigenvalue weighted by atomic mass is 10.0. The normalized spacial score (nSPS) is 19.4. The first kappa shape index (κ1) is 12.1. The van der Waals surface area contributed by atoms with Crippen molar-refractivity contribution in [1.82, 2.24) is 5.32 Å². The number of benzene rings is 1. The van der Waals surface area contributed by atoms with Gasteiger partial charge in [0.25, 0.3) is 0 Å². The number of nitrogens with one attached hydrogen (secondary N) is 1. The van der Waals surface area contributed by atoms with Crippen molar-refractivity contribution in [1.29, 1.82) is 0 Å². The number of halogens is 1. The van der Waals surface area contributed by atoms with Crippen molar-refractivity contribution in [2.24, 2.45) is 5.92 Å². The van der Waals surface area contributed by atoms with Gasteiger partial charge in [-0.05, 0) is 49.3 Å². The summed E-state index contributed by atoms with van der Waals surface area (Å²) in [6.45, 7) is 5.67. The predicted molar refractivity (Wildman–Crippen MR) is 72.7 cm³/mol. The molecule has 0 aromatic heterocycles. The van der Waals surface area contributed by atoms with Crippen LogP contribution in [0.4, 0.5) is 0 Å². The lowest BCUT2D eigenvalue weighted by Gasteiger charge is -2.17. The summed E-state index contributed by atoms with van der Waals surface area (Å²) in [6.07, 6.45) is 2.83. The minimum Gasteiger partial charge on any atom is -0.313 e. The maximum atomic E-state index is 3.65. The van der Waals surface area contributed by atoms with E-state index in [1.54, 1.807) is 0 Å². The Morgan fingerprint density at radius 2 is 2.12 bits per heavy atom. The summed E-state index contributed by atoms with van der Waals surface area (Å²) in [5, 5.41) is 3.65. The molecule has 2 unspecified atom stereocenters. The van der Waals surface area contributed by atoms with Gasteiger partial charge >= 0.3 is 0 Å². The topological polar surface area (TPSA) is 12.0 Å². The summed E-state index contributed by atoms with van der Waals surface area (Å²) in [6, 6.07) is 9.30. The van der Waals surface area contributed by atoms with Gasteiger partial charge < -0.3 is 5.32 Å². The molecule has 2 atom stereocenters. The van der Waals surface area contributed by atoms with Gasteiger partial charge in [-0.15, -0.1) is 0 Å². The molecule has 1 aliphatic carbocycles. The average Bonchev–Trinajstić information content (AvgIpc) is 3.09. The molecule has 1 saturated carbocycles. The fourth-order valence-corrected chi connectivity index (χ4v) is 2.47. The van der Waals surface area contributed by atoms with Gasteiger partial charge in [-0.2, -0.15) is 0 Å². The van der Waals surface area contributed by atoms with Gasteiger partial charge in [0.05, 0.1) is 0 Å². The molecule has 88 valence electrons. The Morgan fingerprint density at radius 1 is 1.38 bits per heavy atom. The zero-order valence-corrected chi connectivity index (χ0v) is 11.6. The van der Waals surface area contributed by atoms with Gasteiger partial charge in [0.15, 0.2) is 0 Å². The molecule has 0 saturated heterocycles. The van der Waals surface area contributed by atoms with Crippen LogP contribution in [-0.2, 0) is 0 Å². The third-order valence-electron chi connectivity index (χ3n) is 3.49. The Kier molecular flexibility index (Phi) is 4.04. The Bertz CT molecular complexity index is 346. The predicted octanol–water partition coefficient (Wildman–Crippen LogP) is 3.94. The van der Waals surface area contributed by atoms with Crippen LogP contribution >= 0.6 is 15.9 Å². The van der Waals surface area contributed by atoms with E-state index in [0.29, 0.717) is 12.0 Å². The van der Waals surface area contributed by atoms with Crippen LogP contribution in [0.3, 0.4) is 0 Å². The van der Waals surface area contributed by atoms with E-state index in [9.17, 15) is 0 Å². The molecule has 1 nitrogen and oxygen atoms in total. The van der Waals surface area contributed by atoms with E-state index < -0.39 is 0 Å². The minimum atomic E-state index is 0.582. The largest absolute Gasteiger partial charge is 0.313 e. The van der Waals surface area contributed by atoms with Crippen LogP contribution in [0.2, 0.25) is 0 Å². The molecule has 0 aliphatic heterocycles. The number of hydrogen-bond acceptors (Lipinski definition) is 1. The molecule has 2 rings (SSSR count). The van der Waals surface area contributed by atoms with Crippen molar-refractivity contribution in [3.05, 3.63) is 34.3 Å². The molecule has 1 aromatic carbocycles. The fraction of sp³-hybridized carbons (Fsp3) is 0.571.